The molecule has 0 spiro atoms. The molecule has 0 fully saturated rings. The first kappa shape index (κ1) is 42.8. The van der Waals surface area contributed by atoms with Crippen molar-refractivity contribution < 1.29 is 54.6 Å². The lowest BCUT2D eigenvalue weighted by molar-refractivity contribution is -0.138. The first-order valence-corrected chi connectivity index (χ1v) is 10.8. The van der Waals surface area contributed by atoms with E-state index in [0.29, 0.717) is 13.0 Å². The molecular weight excluding hydrogens is 476 g/mol. The largest absolute Gasteiger partial charge is 0.478 e. The van der Waals surface area contributed by atoms with Crippen LogP contribution in [0, 0.1) is 5.41 Å². The van der Waals surface area contributed by atoms with Crippen molar-refractivity contribution in [2.45, 2.75) is 53.9 Å². The molecule has 0 aromatic carbocycles. The third kappa shape index (κ3) is 35.3. The predicted molar refractivity (Wildman–Crippen MR) is 137 cm³/mol. The molecule has 0 aliphatic rings. The topological polar surface area (TPSA) is 199 Å². The minimum atomic E-state index is -0.935. The van der Waals surface area contributed by atoms with Gasteiger partial charge in [0.05, 0.1) is 26.4 Å². The molecule has 0 heterocycles. The number of unbranched alkanes of at least 4 members (excludes halogenated alkanes) is 1. The average Bonchev–Trinajstić information content (AvgIpc) is 2.82. The van der Waals surface area contributed by atoms with Gasteiger partial charge in [-0.2, -0.15) is 0 Å². The van der Waals surface area contributed by atoms with Gasteiger partial charge < -0.3 is 35.4 Å². The Labute approximate surface area is 213 Å². The normalized spacial score (nSPS) is 8.89. The maximum Gasteiger partial charge on any atom is 0.330 e. The maximum atomic E-state index is 10.3. The number of hydrogen-bond donors (Lipinski definition) is 6. The number of carboxylic acid groups (broad SMARTS) is 3. The molecule has 0 aliphatic carbocycles. The zero-order valence-electron chi connectivity index (χ0n) is 22.1. The standard InChI is InChI=1S/C7H12O2.C6H14O3.3C4H6O2/c1-3-5-6-9-7(8)4-2;1-2-6(3-7,4-8)5-9;3*1-3(2)4(5)6/h4H,2-3,5-6H2,1H3;7-9H,2-5H2,1H3;3*1H2,2H3,(H,5,6). The second-order valence-corrected chi connectivity index (χ2v) is 7.31. The number of ether oxygens (including phenoxy) is 1. The number of carboxylic acids is 3. The minimum Gasteiger partial charge on any atom is -0.478 e. The maximum absolute atomic E-state index is 10.3. The zero-order chi connectivity index (χ0) is 29.9. The Bertz CT molecular complexity index is 580. The molecule has 210 valence electrons. The second kappa shape index (κ2) is 28.0. The molecule has 0 saturated heterocycles. The van der Waals surface area contributed by atoms with Crippen LogP contribution in [-0.4, -0.2) is 80.9 Å². The molecule has 0 amide bonds. The Morgan fingerprint density at radius 1 is 0.750 bits per heavy atom. The molecule has 0 unspecified atom stereocenters. The van der Waals surface area contributed by atoms with Gasteiger partial charge in [-0.3, -0.25) is 0 Å². The number of carbonyl (C=O) groups excluding carboxylic acids is 1. The number of rotatable bonds is 11. The number of hydrogen-bond acceptors (Lipinski definition) is 8. The number of carbonyl (C=O) groups is 4. The van der Waals surface area contributed by atoms with Crippen molar-refractivity contribution in [3.63, 3.8) is 0 Å². The van der Waals surface area contributed by atoms with Crippen molar-refractivity contribution >= 4 is 23.9 Å². The highest BCUT2D eigenvalue weighted by Crippen LogP contribution is 2.18. The zero-order valence-corrected chi connectivity index (χ0v) is 22.1. The molecule has 0 aromatic rings. The molecule has 6 N–H and O–H groups in total. The third-order valence-electron chi connectivity index (χ3n) is 3.76. The van der Waals surface area contributed by atoms with Crippen LogP contribution < -0.4 is 0 Å². The van der Waals surface area contributed by atoms with Gasteiger partial charge in [-0.15, -0.1) is 0 Å². The molecule has 0 atom stereocenters. The van der Waals surface area contributed by atoms with Crippen molar-refractivity contribution in [2.75, 3.05) is 26.4 Å². The quantitative estimate of drug-likeness (QED) is 0.133. The second-order valence-electron chi connectivity index (χ2n) is 7.31. The van der Waals surface area contributed by atoms with Crippen molar-refractivity contribution in [2.24, 2.45) is 5.41 Å². The van der Waals surface area contributed by atoms with Crippen LogP contribution in [0.25, 0.3) is 0 Å². The average molecular weight is 521 g/mol. The van der Waals surface area contributed by atoms with Gasteiger partial charge in [-0.1, -0.05) is 46.6 Å². The van der Waals surface area contributed by atoms with E-state index in [2.05, 4.69) is 31.1 Å². The van der Waals surface area contributed by atoms with Crippen LogP contribution in [0.4, 0.5) is 0 Å². The summed E-state index contributed by atoms with van der Waals surface area (Å²) in [5, 5.41) is 49.6. The van der Waals surface area contributed by atoms with Gasteiger partial charge in [-0.25, -0.2) is 19.2 Å². The summed E-state index contributed by atoms with van der Waals surface area (Å²) in [4.78, 5) is 39.1. The number of esters is 1. The Balaban J connectivity index is -0.000000113. The van der Waals surface area contributed by atoms with E-state index in [1.807, 2.05) is 13.8 Å². The molecule has 0 radical (unpaired) electrons. The summed E-state index contributed by atoms with van der Waals surface area (Å²) < 4.78 is 4.67. The van der Waals surface area contributed by atoms with Gasteiger partial charge in [0, 0.05) is 28.2 Å². The first-order chi connectivity index (χ1) is 16.5. The number of aliphatic hydroxyl groups is 3. The number of aliphatic carboxylic acids is 3. The molecular formula is C25H44O11. The van der Waals surface area contributed by atoms with E-state index in [9.17, 15) is 19.2 Å². The summed E-state index contributed by atoms with van der Waals surface area (Å²) in [7, 11) is 0. The van der Waals surface area contributed by atoms with Crippen LogP contribution in [-0.2, 0) is 23.9 Å². The van der Waals surface area contributed by atoms with E-state index in [-0.39, 0.29) is 42.5 Å². The van der Waals surface area contributed by atoms with Crippen LogP contribution in [0.15, 0.2) is 49.1 Å². The lowest BCUT2D eigenvalue weighted by Crippen LogP contribution is -2.32. The molecule has 0 bridgehead atoms. The highest BCUT2D eigenvalue weighted by atomic mass is 16.5. The summed E-state index contributed by atoms with van der Waals surface area (Å²) in [5.41, 5.74) is -0.139. The van der Waals surface area contributed by atoms with E-state index in [1.54, 1.807) is 0 Å². The van der Waals surface area contributed by atoms with Gasteiger partial charge in [0.25, 0.3) is 0 Å². The van der Waals surface area contributed by atoms with Crippen LogP contribution in [0.2, 0.25) is 0 Å². The Kier molecular flexibility index (Phi) is 33.3. The lowest BCUT2D eigenvalue weighted by atomic mass is 9.88. The van der Waals surface area contributed by atoms with Crippen molar-refractivity contribution in [1.29, 1.82) is 0 Å². The Morgan fingerprint density at radius 2 is 1.03 bits per heavy atom. The fourth-order valence-electron chi connectivity index (χ4n) is 0.861. The lowest BCUT2D eigenvalue weighted by Gasteiger charge is -2.24. The van der Waals surface area contributed by atoms with E-state index in [1.165, 1.54) is 26.8 Å². The Hall–Kier alpha value is -3.28. The SMILES string of the molecule is C=C(C)C(=O)O.C=C(C)C(=O)O.C=C(C)C(=O)O.C=CC(=O)OCCCC.CCC(CO)(CO)CO. The van der Waals surface area contributed by atoms with E-state index >= 15 is 0 Å². The van der Waals surface area contributed by atoms with Crippen molar-refractivity contribution in [3.05, 3.63) is 49.1 Å². The first-order valence-electron chi connectivity index (χ1n) is 10.8. The van der Waals surface area contributed by atoms with Crippen LogP contribution in [0.3, 0.4) is 0 Å². The molecule has 0 saturated carbocycles. The molecule has 0 aliphatic heterocycles. The predicted octanol–water partition coefficient (Wildman–Crippen LogP) is 2.82. The van der Waals surface area contributed by atoms with Crippen LogP contribution in [0.5, 0.6) is 0 Å². The van der Waals surface area contributed by atoms with E-state index in [0.717, 1.165) is 12.8 Å². The van der Waals surface area contributed by atoms with Gasteiger partial charge in [0.1, 0.15) is 0 Å². The summed E-state index contributed by atoms with van der Waals surface area (Å²) >= 11 is 0. The van der Waals surface area contributed by atoms with Crippen LogP contribution >= 0.6 is 0 Å². The van der Waals surface area contributed by atoms with Gasteiger partial charge in [0.15, 0.2) is 0 Å². The molecule has 0 aromatic heterocycles. The summed E-state index contributed by atoms with van der Waals surface area (Å²) in [6, 6.07) is 0. The fourth-order valence-corrected chi connectivity index (χ4v) is 0.861. The molecule has 11 nitrogen and oxygen atoms in total. The van der Waals surface area contributed by atoms with Crippen molar-refractivity contribution in [1.82, 2.24) is 0 Å². The molecule has 11 heteroatoms. The fraction of sp³-hybridized carbons (Fsp3) is 0.520. The van der Waals surface area contributed by atoms with Crippen molar-refractivity contribution in [3.8, 4) is 0 Å². The smallest absolute Gasteiger partial charge is 0.330 e. The van der Waals surface area contributed by atoms with Crippen LogP contribution in [0.1, 0.15) is 53.9 Å². The van der Waals surface area contributed by atoms with Gasteiger partial charge >= 0.3 is 23.9 Å². The monoisotopic (exact) mass is 520 g/mol. The summed E-state index contributed by atoms with van der Waals surface area (Å²) in [5.74, 6) is -3.14. The molecule has 36 heavy (non-hydrogen) atoms. The minimum absolute atomic E-state index is 0.156. The van der Waals surface area contributed by atoms with Gasteiger partial charge in [0.2, 0.25) is 0 Å². The third-order valence-corrected chi connectivity index (χ3v) is 3.76. The highest BCUT2D eigenvalue weighted by Gasteiger charge is 2.24. The Morgan fingerprint density at radius 3 is 1.14 bits per heavy atom. The summed E-state index contributed by atoms with van der Waals surface area (Å²) in [6.45, 7) is 21.0. The summed E-state index contributed by atoms with van der Waals surface area (Å²) in [6.07, 6.45) is 3.75. The van der Waals surface area contributed by atoms with E-state index in [4.69, 9.17) is 30.6 Å². The molecule has 0 rings (SSSR count). The van der Waals surface area contributed by atoms with E-state index < -0.39 is 23.3 Å². The van der Waals surface area contributed by atoms with Gasteiger partial charge in [-0.05, 0) is 33.6 Å². The highest BCUT2D eigenvalue weighted by molar-refractivity contribution is 5.85. The number of aliphatic hydroxyl groups excluding tert-OH is 3.